The zero-order valence-corrected chi connectivity index (χ0v) is 12.5. The summed E-state index contributed by atoms with van der Waals surface area (Å²) >= 11 is 0. The number of benzene rings is 1. The molecule has 1 aromatic heterocycles. The number of nitrogens with one attached hydrogen (secondary N) is 1. The van der Waals surface area contributed by atoms with Gasteiger partial charge in [0.1, 0.15) is 5.75 Å². The number of carbonyl (C=O) groups is 1. The van der Waals surface area contributed by atoms with E-state index in [1.807, 2.05) is 45.0 Å². The molecule has 3 heteroatoms. The van der Waals surface area contributed by atoms with Gasteiger partial charge < -0.3 is 9.72 Å². The number of rotatable bonds is 5. The highest BCUT2D eigenvalue weighted by Gasteiger charge is 2.17. The van der Waals surface area contributed by atoms with Crippen molar-refractivity contribution in [2.45, 2.75) is 34.1 Å². The highest BCUT2D eigenvalue weighted by atomic mass is 16.5. The Hall–Kier alpha value is -2.03. The zero-order valence-electron chi connectivity index (χ0n) is 12.5. The maximum Gasteiger partial charge on any atom is 0.209 e. The van der Waals surface area contributed by atoms with Gasteiger partial charge in [-0.05, 0) is 50.5 Å². The maximum absolute atomic E-state index is 12.6. The Bertz CT molecular complexity index is 626. The van der Waals surface area contributed by atoms with Crippen molar-refractivity contribution in [1.82, 2.24) is 4.98 Å². The quantitative estimate of drug-likeness (QED) is 0.836. The smallest absolute Gasteiger partial charge is 0.209 e. The molecule has 1 heterocycles. The van der Waals surface area contributed by atoms with Crippen LogP contribution in [-0.4, -0.2) is 17.4 Å². The lowest BCUT2D eigenvalue weighted by molar-refractivity contribution is 0.103. The largest absolute Gasteiger partial charge is 0.494 e. The normalized spacial score (nSPS) is 10.6. The molecule has 0 unspecified atom stereocenters. The Morgan fingerprint density at radius 2 is 1.95 bits per heavy atom. The molecular weight excluding hydrogens is 250 g/mol. The van der Waals surface area contributed by atoms with Gasteiger partial charge in [0.15, 0.2) is 0 Å². The van der Waals surface area contributed by atoms with Gasteiger partial charge in [0, 0.05) is 11.3 Å². The first kappa shape index (κ1) is 14.4. The van der Waals surface area contributed by atoms with Crippen LogP contribution in [0, 0.1) is 20.8 Å². The number of hydrogen-bond acceptors (Lipinski definition) is 2. The average molecular weight is 271 g/mol. The minimum absolute atomic E-state index is 0.0145. The van der Waals surface area contributed by atoms with Crippen molar-refractivity contribution in [2.75, 3.05) is 6.61 Å². The van der Waals surface area contributed by atoms with E-state index in [4.69, 9.17) is 4.74 Å². The highest BCUT2D eigenvalue weighted by molar-refractivity contribution is 6.09. The minimum atomic E-state index is 0.0145. The Balaban J connectivity index is 2.31. The lowest BCUT2D eigenvalue weighted by Crippen LogP contribution is -2.04. The van der Waals surface area contributed by atoms with E-state index in [9.17, 15) is 4.79 Å². The third-order valence-corrected chi connectivity index (χ3v) is 3.61. The van der Waals surface area contributed by atoms with Crippen LogP contribution in [0.3, 0.4) is 0 Å². The second kappa shape index (κ2) is 5.95. The zero-order chi connectivity index (χ0) is 14.7. The van der Waals surface area contributed by atoms with E-state index in [2.05, 4.69) is 11.9 Å². The van der Waals surface area contributed by atoms with Gasteiger partial charge in [-0.15, -0.1) is 0 Å². The summed E-state index contributed by atoms with van der Waals surface area (Å²) in [5.41, 5.74) is 4.54. The number of H-pyrrole nitrogens is 1. The van der Waals surface area contributed by atoms with Crippen LogP contribution in [0.5, 0.6) is 5.75 Å². The molecule has 0 amide bonds. The van der Waals surface area contributed by atoms with E-state index in [0.717, 1.165) is 29.0 Å². The molecule has 0 aliphatic rings. The minimum Gasteiger partial charge on any atom is -0.494 e. The summed E-state index contributed by atoms with van der Waals surface area (Å²) in [4.78, 5) is 15.8. The van der Waals surface area contributed by atoms with Gasteiger partial charge in [-0.1, -0.05) is 19.1 Å². The van der Waals surface area contributed by atoms with Crippen LogP contribution >= 0.6 is 0 Å². The summed E-state index contributed by atoms with van der Waals surface area (Å²) in [5, 5.41) is 0. The molecule has 3 nitrogen and oxygen atoms in total. The summed E-state index contributed by atoms with van der Waals surface area (Å²) in [6.45, 7) is 8.71. The molecule has 0 spiro atoms. The average Bonchev–Trinajstić information content (AvgIpc) is 2.72. The van der Waals surface area contributed by atoms with Crippen molar-refractivity contribution < 1.29 is 9.53 Å². The molecule has 1 N–H and O–H groups in total. The summed E-state index contributed by atoms with van der Waals surface area (Å²) in [5.74, 6) is 0.760. The fourth-order valence-electron chi connectivity index (χ4n) is 2.16. The first-order valence-corrected chi connectivity index (χ1v) is 6.98. The molecule has 106 valence electrons. The first-order valence-electron chi connectivity index (χ1n) is 6.98. The van der Waals surface area contributed by atoms with E-state index in [1.54, 1.807) is 0 Å². The summed E-state index contributed by atoms with van der Waals surface area (Å²) < 4.78 is 5.58. The standard InChI is InChI=1S/C17H21NO2/c1-5-9-20-15-8-6-7-14(10-15)17(19)16-12(3)11(2)13(4)18-16/h6-8,10,18H,5,9H2,1-4H3. The lowest BCUT2D eigenvalue weighted by Gasteiger charge is -2.06. The van der Waals surface area contributed by atoms with Crippen LogP contribution in [0.2, 0.25) is 0 Å². The third-order valence-electron chi connectivity index (χ3n) is 3.61. The van der Waals surface area contributed by atoms with Gasteiger partial charge in [-0.3, -0.25) is 4.79 Å². The Labute approximate surface area is 120 Å². The number of aromatic nitrogens is 1. The van der Waals surface area contributed by atoms with Crippen LogP contribution in [0.25, 0.3) is 0 Å². The van der Waals surface area contributed by atoms with E-state index in [-0.39, 0.29) is 5.78 Å². The molecule has 1 aromatic carbocycles. The van der Waals surface area contributed by atoms with Crippen LogP contribution in [0.1, 0.15) is 46.2 Å². The predicted octanol–water partition coefficient (Wildman–Crippen LogP) is 3.96. The van der Waals surface area contributed by atoms with Crippen molar-refractivity contribution in [3.8, 4) is 5.75 Å². The monoisotopic (exact) mass is 271 g/mol. The number of aromatic amines is 1. The first-order chi connectivity index (χ1) is 9.54. The highest BCUT2D eigenvalue weighted by Crippen LogP contribution is 2.21. The summed E-state index contributed by atoms with van der Waals surface area (Å²) in [6, 6.07) is 7.37. The van der Waals surface area contributed by atoms with Gasteiger partial charge in [-0.25, -0.2) is 0 Å². The maximum atomic E-state index is 12.6. The SMILES string of the molecule is CCCOc1cccc(C(=O)c2[nH]c(C)c(C)c2C)c1. The Morgan fingerprint density at radius 1 is 1.20 bits per heavy atom. The Kier molecular flexibility index (Phi) is 4.28. The van der Waals surface area contributed by atoms with Crippen molar-refractivity contribution in [3.05, 3.63) is 52.3 Å². The molecule has 0 fully saturated rings. The van der Waals surface area contributed by atoms with E-state index < -0.39 is 0 Å². The molecule has 0 saturated heterocycles. The van der Waals surface area contributed by atoms with Crippen LogP contribution in [0.4, 0.5) is 0 Å². The second-order valence-corrected chi connectivity index (χ2v) is 5.08. The van der Waals surface area contributed by atoms with Crippen LogP contribution in [0.15, 0.2) is 24.3 Å². The number of aryl methyl sites for hydroxylation is 1. The lowest BCUT2D eigenvalue weighted by atomic mass is 10.0. The number of ketones is 1. The second-order valence-electron chi connectivity index (χ2n) is 5.08. The molecule has 0 saturated carbocycles. The van der Waals surface area contributed by atoms with Crippen LogP contribution < -0.4 is 4.74 Å². The fraction of sp³-hybridized carbons (Fsp3) is 0.353. The molecule has 0 aliphatic heterocycles. The van der Waals surface area contributed by atoms with Crippen molar-refractivity contribution >= 4 is 5.78 Å². The van der Waals surface area contributed by atoms with Crippen molar-refractivity contribution in [2.24, 2.45) is 0 Å². The van der Waals surface area contributed by atoms with E-state index in [0.29, 0.717) is 17.9 Å². The molecule has 2 aromatic rings. The fourth-order valence-corrected chi connectivity index (χ4v) is 2.16. The van der Waals surface area contributed by atoms with Gasteiger partial charge >= 0.3 is 0 Å². The van der Waals surface area contributed by atoms with Gasteiger partial charge in [0.2, 0.25) is 5.78 Å². The van der Waals surface area contributed by atoms with E-state index in [1.165, 1.54) is 0 Å². The molecule has 0 atom stereocenters. The predicted molar refractivity (Wildman–Crippen MR) is 80.7 cm³/mol. The number of hydrogen-bond donors (Lipinski definition) is 1. The summed E-state index contributed by atoms with van der Waals surface area (Å²) in [6.07, 6.45) is 0.951. The topological polar surface area (TPSA) is 42.1 Å². The van der Waals surface area contributed by atoms with Gasteiger partial charge in [0.05, 0.1) is 12.3 Å². The number of carbonyl (C=O) groups excluding carboxylic acids is 1. The van der Waals surface area contributed by atoms with Crippen molar-refractivity contribution in [3.63, 3.8) is 0 Å². The molecule has 2 rings (SSSR count). The van der Waals surface area contributed by atoms with Gasteiger partial charge in [-0.2, -0.15) is 0 Å². The molecule has 0 aliphatic carbocycles. The van der Waals surface area contributed by atoms with Gasteiger partial charge in [0.25, 0.3) is 0 Å². The molecule has 20 heavy (non-hydrogen) atoms. The van der Waals surface area contributed by atoms with Crippen molar-refractivity contribution in [1.29, 1.82) is 0 Å². The Morgan fingerprint density at radius 3 is 2.55 bits per heavy atom. The third kappa shape index (κ3) is 2.77. The summed E-state index contributed by atoms with van der Waals surface area (Å²) in [7, 11) is 0. The van der Waals surface area contributed by atoms with Crippen LogP contribution in [-0.2, 0) is 0 Å². The number of ether oxygens (including phenoxy) is 1. The molecule has 0 bridgehead atoms. The van der Waals surface area contributed by atoms with E-state index >= 15 is 0 Å². The molecular formula is C17H21NO2. The molecule has 0 radical (unpaired) electrons.